The van der Waals surface area contributed by atoms with Crippen LogP contribution in [0.3, 0.4) is 0 Å². The highest BCUT2D eigenvalue weighted by atomic mass is 16.3. The van der Waals surface area contributed by atoms with Crippen LogP contribution in [-0.4, -0.2) is 24.7 Å². The van der Waals surface area contributed by atoms with Crippen LogP contribution < -0.4 is 10.6 Å². The third-order valence-corrected chi connectivity index (χ3v) is 2.61. The fourth-order valence-electron chi connectivity index (χ4n) is 1.60. The summed E-state index contributed by atoms with van der Waals surface area (Å²) in [6.45, 7) is 10.8. The smallest absolute Gasteiger partial charge is 0.103 e. The first kappa shape index (κ1) is 14.3. The summed E-state index contributed by atoms with van der Waals surface area (Å²) in [5, 5.41) is 7.01. The van der Waals surface area contributed by atoms with E-state index >= 15 is 0 Å². The predicted octanol–water partition coefficient (Wildman–Crippen LogP) is 2.58. The monoisotopic (exact) mass is 238 g/mol. The summed E-state index contributed by atoms with van der Waals surface area (Å²) < 4.78 is 5.29. The van der Waals surface area contributed by atoms with Crippen molar-refractivity contribution in [2.45, 2.75) is 52.1 Å². The Labute approximate surface area is 105 Å². The van der Waals surface area contributed by atoms with Crippen molar-refractivity contribution in [3.63, 3.8) is 0 Å². The Hall–Kier alpha value is -0.800. The lowest BCUT2D eigenvalue weighted by Crippen LogP contribution is -2.44. The van der Waals surface area contributed by atoms with E-state index in [1.807, 2.05) is 12.1 Å². The SMILES string of the molecule is CC(CNC(C)(C)C)NCCCc1ccco1. The molecular formula is C14H26N2O. The summed E-state index contributed by atoms with van der Waals surface area (Å²) >= 11 is 0. The number of furan rings is 1. The Bertz CT molecular complexity index is 288. The van der Waals surface area contributed by atoms with Gasteiger partial charge in [0, 0.05) is 24.5 Å². The molecule has 0 saturated carbocycles. The molecule has 1 unspecified atom stereocenters. The van der Waals surface area contributed by atoms with Gasteiger partial charge in [0.25, 0.3) is 0 Å². The number of nitrogens with one attached hydrogen (secondary N) is 2. The first-order chi connectivity index (χ1) is 7.97. The first-order valence-corrected chi connectivity index (χ1v) is 6.48. The van der Waals surface area contributed by atoms with E-state index in [4.69, 9.17) is 4.42 Å². The number of rotatable bonds is 7. The van der Waals surface area contributed by atoms with E-state index in [0.717, 1.165) is 31.7 Å². The molecule has 1 heterocycles. The van der Waals surface area contributed by atoms with Gasteiger partial charge in [-0.25, -0.2) is 0 Å². The highest BCUT2D eigenvalue weighted by Gasteiger charge is 2.10. The van der Waals surface area contributed by atoms with Crippen LogP contribution >= 0.6 is 0 Å². The fraction of sp³-hybridized carbons (Fsp3) is 0.714. The molecule has 17 heavy (non-hydrogen) atoms. The van der Waals surface area contributed by atoms with E-state index in [2.05, 4.69) is 38.3 Å². The fourth-order valence-corrected chi connectivity index (χ4v) is 1.60. The van der Waals surface area contributed by atoms with Crippen molar-refractivity contribution in [1.29, 1.82) is 0 Å². The Balaban J connectivity index is 2.02. The van der Waals surface area contributed by atoms with E-state index in [0.29, 0.717) is 6.04 Å². The molecule has 2 N–H and O–H groups in total. The van der Waals surface area contributed by atoms with Crippen LogP contribution in [0.5, 0.6) is 0 Å². The van der Waals surface area contributed by atoms with E-state index < -0.39 is 0 Å². The van der Waals surface area contributed by atoms with E-state index in [9.17, 15) is 0 Å². The largest absolute Gasteiger partial charge is 0.469 e. The molecule has 1 atom stereocenters. The molecule has 1 aromatic rings. The molecule has 0 aliphatic carbocycles. The topological polar surface area (TPSA) is 37.2 Å². The average molecular weight is 238 g/mol. The molecule has 0 aromatic carbocycles. The van der Waals surface area contributed by atoms with Gasteiger partial charge >= 0.3 is 0 Å². The zero-order valence-electron chi connectivity index (χ0n) is 11.5. The molecule has 0 aliphatic heterocycles. The van der Waals surface area contributed by atoms with Gasteiger partial charge in [0.05, 0.1) is 6.26 Å². The molecule has 0 saturated heterocycles. The Kier molecular flexibility index (Phi) is 5.72. The number of hydrogen-bond donors (Lipinski definition) is 2. The van der Waals surface area contributed by atoms with Crippen molar-refractivity contribution < 1.29 is 4.42 Å². The van der Waals surface area contributed by atoms with Crippen molar-refractivity contribution in [2.75, 3.05) is 13.1 Å². The lowest BCUT2D eigenvalue weighted by Gasteiger charge is -2.24. The van der Waals surface area contributed by atoms with Gasteiger partial charge in [0.1, 0.15) is 5.76 Å². The molecular weight excluding hydrogens is 212 g/mol. The Morgan fingerprint density at radius 2 is 2.12 bits per heavy atom. The summed E-state index contributed by atoms with van der Waals surface area (Å²) in [6, 6.07) is 4.48. The number of aryl methyl sites for hydroxylation is 1. The highest BCUT2D eigenvalue weighted by molar-refractivity contribution is 4.97. The van der Waals surface area contributed by atoms with Crippen molar-refractivity contribution in [2.24, 2.45) is 0 Å². The second-order valence-electron chi connectivity index (χ2n) is 5.67. The second-order valence-corrected chi connectivity index (χ2v) is 5.67. The van der Waals surface area contributed by atoms with Crippen LogP contribution in [0.4, 0.5) is 0 Å². The minimum absolute atomic E-state index is 0.199. The lowest BCUT2D eigenvalue weighted by molar-refractivity contribution is 0.386. The molecule has 1 rings (SSSR count). The van der Waals surface area contributed by atoms with Crippen molar-refractivity contribution >= 4 is 0 Å². The molecule has 1 aromatic heterocycles. The summed E-state index contributed by atoms with van der Waals surface area (Å²) in [5.41, 5.74) is 0.199. The van der Waals surface area contributed by atoms with Gasteiger partial charge in [-0.2, -0.15) is 0 Å². The number of hydrogen-bond acceptors (Lipinski definition) is 3. The highest BCUT2D eigenvalue weighted by Crippen LogP contribution is 2.03. The van der Waals surface area contributed by atoms with E-state index in [1.54, 1.807) is 6.26 Å². The van der Waals surface area contributed by atoms with Gasteiger partial charge in [-0.05, 0) is 52.8 Å². The summed E-state index contributed by atoms with van der Waals surface area (Å²) in [4.78, 5) is 0. The molecule has 0 amide bonds. The van der Waals surface area contributed by atoms with Gasteiger partial charge in [0.15, 0.2) is 0 Å². The molecule has 3 nitrogen and oxygen atoms in total. The van der Waals surface area contributed by atoms with Crippen LogP contribution in [-0.2, 0) is 6.42 Å². The van der Waals surface area contributed by atoms with Crippen LogP contribution in [0.15, 0.2) is 22.8 Å². The standard InChI is InChI=1S/C14H26N2O/c1-12(11-16-14(2,3)4)15-9-5-7-13-8-6-10-17-13/h6,8,10,12,15-16H,5,7,9,11H2,1-4H3. The van der Waals surface area contributed by atoms with Gasteiger partial charge in [-0.15, -0.1) is 0 Å². The van der Waals surface area contributed by atoms with Gasteiger partial charge in [0.2, 0.25) is 0 Å². The van der Waals surface area contributed by atoms with Crippen molar-refractivity contribution in [3.8, 4) is 0 Å². The van der Waals surface area contributed by atoms with E-state index in [-0.39, 0.29) is 5.54 Å². The van der Waals surface area contributed by atoms with E-state index in [1.165, 1.54) is 0 Å². The zero-order valence-corrected chi connectivity index (χ0v) is 11.5. The molecule has 0 spiro atoms. The maximum Gasteiger partial charge on any atom is 0.103 e. The van der Waals surface area contributed by atoms with Crippen LogP contribution in [0, 0.1) is 0 Å². The van der Waals surface area contributed by atoms with Gasteiger partial charge in [-0.3, -0.25) is 0 Å². The van der Waals surface area contributed by atoms with Crippen LogP contribution in [0.1, 0.15) is 39.9 Å². The summed E-state index contributed by atoms with van der Waals surface area (Å²) in [6.07, 6.45) is 3.87. The van der Waals surface area contributed by atoms with Crippen LogP contribution in [0.25, 0.3) is 0 Å². The maximum absolute atomic E-state index is 5.29. The minimum atomic E-state index is 0.199. The normalized spacial score (nSPS) is 13.9. The first-order valence-electron chi connectivity index (χ1n) is 6.48. The average Bonchev–Trinajstić information content (AvgIpc) is 2.73. The maximum atomic E-state index is 5.29. The Morgan fingerprint density at radius 1 is 1.35 bits per heavy atom. The van der Waals surface area contributed by atoms with Crippen molar-refractivity contribution in [3.05, 3.63) is 24.2 Å². The lowest BCUT2D eigenvalue weighted by atomic mass is 10.1. The third kappa shape index (κ3) is 7.18. The zero-order chi connectivity index (χ0) is 12.7. The third-order valence-electron chi connectivity index (χ3n) is 2.61. The molecule has 0 radical (unpaired) electrons. The molecule has 0 bridgehead atoms. The molecule has 98 valence electrons. The minimum Gasteiger partial charge on any atom is -0.469 e. The molecule has 3 heteroatoms. The molecule has 0 aliphatic rings. The van der Waals surface area contributed by atoms with Gasteiger partial charge < -0.3 is 15.1 Å². The predicted molar refractivity (Wildman–Crippen MR) is 72.2 cm³/mol. The van der Waals surface area contributed by atoms with Crippen molar-refractivity contribution in [1.82, 2.24) is 10.6 Å². The quantitative estimate of drug-likeness (QED) is 0.717. The second kappa shape index (κ2) is 6.82. The van der Waals surface area contributed by atoms with Gasteiger partial charge in [-0.1, -0.05) is 0 Å². The summed E-state index contributed by atoms with van der Waals surface area (Å²) in [7, 11) is 0. The van der Waals surface area contributed by atoms with Crippen LogP contribution in [0.2, 0.25) is 0 Å². The Morgan fingerprint density at radius 3 is 2.71 bits per heavy atom. The molecule has 0 fully saturated rings. The summed E-state index contributed by atoms with van der Waals surface area (Å²) in [5.74, 6) is 1.08.